The van der Waals surface area contributed by atoms with Gasteiger partial charge in [0.2, 0.25) is 0 Å². The molecule has 0 bridgehead atoms. The van der Waals surface area contributed by atoms with Crippen molar-refractivity contribution in [1.82, 2.24) is 9.71 Å². The van der Waals surface area contributed by atoms with E-state index >= 15 is 0 Å². The molecule has 0 radical (unpaired) electrons. The second kappa shape index (κ2) is 7.89. The van der Waals surface area contributed by atoms with Crippen LogP contribution in [0.5, 0.6) is 0 Å². The van der Waals surface area contributed by atoms with E-state index in [1.807, 2.05) is 13.8 Å². The highest BCUT2D eigenvalue weighted by Gasteiger charge is 2.13. The van der Waals surface area contributed by atoms with E-state index < -0.39 is 17.2 Å². The predicted octanol–water partition coefficient (Wildman–Crippen LogP) is 1.40. The average Bonchev–Trinajstić information content (AvgIpc) is 2.57. The molecule has 3 N–H and O–H groups in total. The van der Waals surface area contributed by atoms with Crippen LogP contribution >= 0.6 is 12.2 Å². The Morgan fingerprint density at radius 3 is 2.59 bits per heavy atom. The zero-order chi connectivity index (χ0) is 16.7. The molecule has 0 saturated carbocycles. The molecule has 7 nitrogen and oxygen atoms in total. The monoisotopic (exact) mass is 321 g/mol. The van der Waals surface area contributed by atoms with E-state index in [9.17, 15) is 14.4 Å². The standard InChI is InChI=1S/C12H9N3O4S.C2H6/c16-10(8-4-2-1-3-7(8)6-20)14-9-5-13-12(18)15(19)11(9)17;1-2/h1-6,19H,(H,13,18)(H,14,16);1-2H3. The van der Waals surface area contributed by atoms with Crippen molar-refractivity contribution in [3.8, 4) is 0 Å². The summed E-state index contributed by atoms with van der Waals surface area (Å²) in [4.78, 5) is 36.7. The largest absolute Gasteiger partial charge is 0.421 e. The molecule has 1 aromatic heterocycles. The first-order valence-electron chi connectivity index (χ1n) is 6.44. The molecule has 116 valence electrons. The van der Waals surface area contributed by atoms with E-state index in [2.05, 4.69) is 10.3 Å². The fourth-order valence-corrected chi connectivity index (χ4v) is 1.75. The molecule has 2 rings (SSSR count). The molecule has 1 heterocycles. The van der Waals surface area contributed by atoms with Crippen molar-refractivity contribution in [3.05, 3.63) is 62.4 Å². The van der Waals surface area contributed by atoms with Crippen LogP contribution in [-0.4, -0.2) is 26.2 Å². The Hall–Kier alpha value is -2.74. The molecule has 0 aliphatic rings. The normalized spacial score (nSPS) is 9.36. The maximum Gasteiger partial charge on any atom is 0.361 e. The van der Waals surface area contributed by atoms with Crippen LogP contribution in [0.1, 0.15) is 29.8 Å². The minimum absolute atomic E-state index is 0.124. The van der Waals surface area contributed by atoms with Gasteiger partial charge in [-0.1, -0.05) is 49.0 Å². The van der Waals surface area contributed by atoms with Crippen LogP contribution < -0.4 is 16.6 Å². The maximum absolute atomic E-state index is 12.0. The molecule has 0 unspecified atom stereocenters. The summed E-state index contributed by atoms with van der Waals surface area (Å²) >= 11 is 4.80. The molecule has 0 aliphatic heterocycles. The summed E-state index contributed by atoms with van der Waals surface area (Å²) in [7, 11) is 0. The van der Waals surface area contributed by atoms with E-state index in [4.69, 9.17) is 17.4 Å². The van der Waals surface area contributed by atoms with Crippen LogP contribution in [0, 0.1) is 0 Å². The Labute approximate surface area is 131 Å². The van der Waals surface area contributed by atoms with Crippen LogP contribution in [0.3, 0.4) is 0 Å². The van der Waals surface area contributed by atoms with Crippen LogP contribution in [0.15, 0.2) is 40.1 Å². The van der Waals surface area contributed by atoms with Gasteiger partial charge in [0, 0.05) is 17.1 Å². The van der Waals surface area contributed by atoms with Crippen molar-refractivity contribution in [2.45, 2.75) is 13.8 Å². The highest BCUT2D eigenvalue weighted by molar-refractivity contribution is 7.79. The van der Waals surface area contributed by atoms with E-state index in [0.717, 1.165) is 6.20 Å². The molecule has 1 amide bonds. The number of carbonyl (C=O) groups excluding carboxylic acids is 1. The van der Waals surface area contributed by atoms with Crippen molar-refractivity contribution in [2.24, 2.45) is 0 Å². The molecular weight excluding hydrogens is 306 g/mol. The fourth-order valence-electron chi connectivity index (χ4n) is 1.55. The minimum Gasteiger partial charge on any atom is -0.421 e. The Bertz CT molecular complexity index is 795. The number of aromatic amines is 1. The molecule has 0 atom stereocenters. The molecule has 8 heteroatoms. The third kappa shape index (κ3) is 3.67. The lowest BCUT2D eigenvalue weighted by molar-refractivity contribution is 0.102. The topological polar surface area (TPSA) is 104 Å². The number of hydrogen-bond acceptors (Lipinski definition) is 5. The smallest absolute Gasteiger partial charge is 0.361 e. The van der Waals surface area contributed by atoms with Gasteiger partial charge in [-0.2, -0.15) is 0 Å². The number of thiocarbonyl (C=S) groups is 1. The zero-order valence-corrected chi connectivity index (χ0v) is 12.8. The van der Waals surface area contributed by atoms with Crippen molar-refractivity contribution in [1.29, 1.82) is 0 Å². The molecule has 0 saturated heterocycles. The van der Waals surface area contributed by atoms with Gasteiger partial charge in [-0.3, -0.25) is 9.59 Å². The van der Waals surface area contributed by atoms with Gasteiger partial charge in [0.05, 0.1) is 0 Å². The summed E-state index contributed by atoms with van der Waals surface area (Å²) < 4.78 is -0.124. The van der Waals surface area contributed by atoms with Crippen molar-refractivity contribution < 1.29 is 10.0 Å². The van der Waals surface area contributed by atoms with Gasteiger partial charge in [0.1, 0.15) is 5.69 Å². The molecular formula is C14H15N3O4S. The van der Waals surface area contributed by atoms with Gasteiger partial charge in [-0.15, -0.1) is 0 Å². The number of anilines is 1. The van der Waals surface area contributed by atoms with Gasteiger partial charge in [-0.05, 0) is 11.6 Å². The Balaban J connectivity index is 0.00000116. The van der Waals surface area contributed by atoms with Crippen LogP contribution in [0.4, 0.5) is 5.69 Å². The molecule has 0 aliphatic carbocycles. The first kappa shape index (κ1) is 17.3. The fraction of sp³-hybridized carbons (Fsp3) is 0.143. The van der Waals surface area contributed by atoms with Crippen molar-refractivity contribution >= 4 is 29.2 Å². The molecule has 2 aromatic rings. The summed E-state index contributed by atoms with van der Waals surface area (Å²) in [6.07, 6.45) is 1.01. The average molecular weight is 321 g/mol. The first-order chi connectivity index (χ1) is 10.5. The van der Waals surface area contributed by atoms with Crippen molar-refractivity contribution in [2.75, 3.05) is 5.32 Å². The van der Waals surface area contributed by atoms with Crippen LogP contribution in [0.25, 0.3) is 0 Å². The number of nitrogens with zero attached hydrogens (tertiary/aromatic N) is 1. The first-order valence-corrected chi connectivity index (χ1v) is 6.91. The lowest BCUT2D eigenvalue weighted by Crippen LogP contribution is -2.35. The van der Waals surface area contributed by atoms with Gasteiger partial charge < -0.3 is 15.5 Å². The molecule has 22 heavy (non-hydrogen) atoms. The maximum atomic E-state index is 12.0. The third-order valence-electron chi connectivity index (χ3n) is 2.54. The van der Waals surface area contributed by atoms with Crippen LogP contribution in [0.2, 0.25) is 0 Å². The van der Waals surface area contributed by atoms with E-state index in [-0.39, 0.29) is 16.0 Å². The van der Waals surface area contributed by atoms with Crippen LogP contribution in [-0.2, 0) is 0 Å². The highest BCUT2D eigenvalue weighted by atomic mass is 32.1. The summed E-state index contributed by atoms with van der Waals surface area (Å²) in [5, 5.41) is 12.8. The quantitative estimate of drug-likeness (QED) is 0.585. The number of amides is 1. The van der Waals surface area contributed by atoms with Gasteiger partial charge in [-0.25, -0.2) is 4.79 Å². The van der Waals surface area contributed by atoms with Crippen molar-refractivity contribution in [3.63, 3.8) is 0 Å². The number of H-pyrrole nitrogens is 1. The number of benzene rings is 1. The van der Waals surface area contributed by atoms with E-state index in [1.165, 1.54) is 11.4 Å². The Morgan fingerprint density at radius 2 is 1.95 bits per heavy atom. The second-order valence-corrected chi connectivity index (χ2v) is 4.02. The Morgan fingerprint density at radius 1 is 1.32 bits per heavy atom. The van der Waals surface area contributed by atoms with Gasteiger partial charge in [0.15, 0.2) is 0 Å². The molecule has 0 spiro atoms. The zero-order valence-electron chi connectivity index (χ0n) is 12.0. The number of carbonyl (C=O) groups is 1. The SMILES string of the molecule is CC.O=C(Nc1c[nH]c(=O)n(O)c1=O)c1ccccc1C=S. The minimum atomic E-state index is -1.03. The lowest BCUT2D eigenvalue weighted by atomic mass is 10.1. The number of aromatic nitrogens is 2. The summed E-state index contributed by atoms with van der Waals surface area (Å²) in [5.74, 6) is -0.578. The summed E-state index contributed by atoms with van der Waals surface area (Å²) in [6.45, 7) is 4.00. The van der Waals surface area contributed by atoms with Gasteiger partial charge in [0.25, 0.3) is 5.91 Å². The predicted molar refractivity (Wildman–Crippen MR) is 87.0 cm³/mol. The summed E-state index contributed by atoms with van der Waals surface area (Å²) in [5.41, 5.74) is -1.48. The van der Waals surface area contributed by atoms with Gasteiger partial charge >= 0.3 is 11.2 Å². The summed E-state index contributed by atoms with van der Waals surface area (Å²) in [6, 6.07) is 6.56. The number of hydrogen-bond donors (Lipinski definition) is 3. The number of nitrogens with one attached hydrogen (secondary N) is 2. The lowest BCUT2D eigenvalue weighted by Gasteiger charge is -2.07. The molecule has 0 fully saturated rings. The highest BCUT2D eigenvalue weighted by Crippen LogP contribution is 2.08. The van der Waals surface area contributed by atoms with E-state index in [0.29, 0.717) is 5.56 Å². The molecule has 1 aromatic carbocycles. The second-order valence-electron chi connectivity index (χ2n) is 3.78. The Kier molecular flexibility index (Phi) is 6.21. The third-order valence-corrected chi connectivity index (χ3v) is 2.79. The number of rotatable bonds is 3. The van der Waals surface area contributed by atoms with E-state index in [1.54, 1.807) is 18.2 Å².